The third-order valence-corrected chi connectivity index (χ3v) is 6.73. The van der Waals surface area contributed by atoms with Gasteiger partial charge in [0.2, 0.25) is 20.0 Å². The summed E-state index contributed by atoms with van der Waals surface area (Å²) in [6.07, 6.45) is 0. The maximum absolute atomic E-state index is 12.4. The van der Waals surface area contributed by atoms with Crippen LogP contribution in [0.4, 0.5) is 0 Å². The number of rotatable bonds is 9. The molecule has 0 aromatic heterocycles. The molecule has 0 bridgehead atoms. The van der Waals surface area contributed by atoms with Crippen molar-refractivity contribution in [2.75, 3.05) is 19.7 Å². The third-order valence-electron chi connectivity index (χ3n) is 3.80. The smallest absolute Gasteiger partial charge is 0.240 e. The number of nitrogens with one attached hydrogen (secondary N) is 2. The topological polar surface area (TPSA) is 102 Å². The van der Waals surface area contributed by atoms with Crippen molar-refractivity contribution < 1.29 is 21.6 Å². The molecule has 0 heterocycles. The van der Waals surface area contributed by atoms with E-state index in [0.717, 1.165) is 5.56 Å². The van der Waals surface area contributed by atoms with Crippen LogP contribution in [-0.4, -0.2) is 36.5 Å². The minimum absolute atomic E-state index is 0.0640. The minimum Gasteiger partial charge on any atom is -0.494 e. The Hall–Kier alpha value is -1.94. The minimum atomic E-state index is -3.74. The molecule has 2 N–H and O–H groups in total. The molecule has 0 aliphatic rings. The van der Waals surface area contributed by atoms with Gasteiger partial charge < -0.3 is 4.74 Å². The van der Waals surface area contributed by atoms with Gasteiger partial charge in [-0.05, 0) is 56.7 Å². The first-order chi connectivity index (χ1) is 12.7. The molecule has 0 saturated heterocycles. The van der Waals surface area contributed by atoms with E-state index in [1.165, 1.54) is 24.3 Å². The van der Waals surface area contributed by atoms with Crippen molar-refractivity contribution in [1.82, 2.24) is 9.44 Å². The summed E-state index contributed by atoms with van der Waals surface area (Å²) < 4.78 is 59.2. The lowest BCUT2D eigenvalue weighted by molar-refractivity contribution is 0.337. The van der Waals surface area contributed by atoms with E-state index in [1.807, 2.05) is 13.8 Å². The lowest BCUT2D eigenvalue weighted by atomic mass is 10.2. The molecular formula is C18H24N2O5S2. The molecule has 0 aliphatic carbocycles. The molecular weight excluding hydrogens is 388 g/mol. The van der Waals surface area contributed by atoms with Gasteiger partial charge in [0, 0.05) is 13.1 Å². The van der Waals surface area contributed by atoms with Gasteiger partial charge in [-0.1, -0.05) is 17.7 Å². The van der Waals surface area contributed by atoms with Gasteiger partial charge in [0.25, 0.3) is 0 Å². The van der Waals surface area contributed by atoms with Gasteiger partial charge in [0.15, 0.2) is 0 Å². The number of benzene rings is 2. The standard InChI is InChI=1S/C18H24N2O5S2/c1-4-25-18-10-9-17(13-15(18)3)27(23,24)20-12-11-19-26(21,22)16-7-5-14(2)6-8-16/h5-10,13,19-20H,4,11-12H2,1-3H3. The highest BCUT2D eigenvalue weighted by Crippen LogP contribution is 2.21. The van der Waals surface area contributed by atoms with Crippen LogP contribution in [0.2, 0.25) is 0 Å². The van der Waals surface area contributed by atoms with Crippen LogP contribution < -0.4 is 14.2 Å². The normalized spacial score (nSPS) is 12.1. The molecule has 9 heteroatoms. The van der Waals surface area contributed by atoms with Crippen LogP contribution in [-0.2, 0) is 20.0 Å². The van der Waals surface area contributed by atoms with Crippen LogP contribution in [0.1, 0.15) is 18.1 Å². The van der Waals surface area contributed by atoms with Crippen LogP contribution in [0.15, 0.2) is 52.3 Å². The fraction of sp³-hybridized carbons (Fsp3) is 0.333. The van der Waals surface area contributed by atoms with Crippen molar-refractivity contribution in [3.8, 4) is 5.75 Å². The van der Waals surface area contributed by atoms with Crippen LogP contribution >= 0.6 is 0 Å². The van der Waals surface area contributed by atoms with Gasteiger partial charge >= 0.3 is 0 Å². The molecule has 0 radical (unpaired) electrons. The fourth-order valence-electron chi connectivity index (χ4n) is 2.36. The maximum Gasteiger partial charge on any atom is 0.240 e. The summed E-state index contributed by atoms with van der Waals surface area (Å²) in [5, 5.41) is 0. The molecule has 2 rings (SSSR count). The Kier molecular flexibility index (Phi) is 6.99. The van der Waals surface area contributed by atoms with Crippen LogP contribution in [0.25, 0.3) is 0 Å². The molecule has 2 aromatic carbocycles. The molecule has 148 valence electrons. The van der Waals surface area contributed by atoms with Crippen molar-refractivity contribution in [2.24, 2.45) is 0 Å². The van der Waals surface area contributed by atoms with Gasteiger partial charge in [0.05, 0.1) is 16.4 Å². The molecule has 0 atom stereocenters. The Morgan fingerprint density at radius 3 is 1.85 bits per heavy atom. The quantitative estimate of drug-likeness (QED) is 0.613. The van der Waals surface area contributed by atoms with Gasteiger partial charge in [0.1, 0.15) is 5.75 Å². The Labute approximate surface area is 160 Å². The summed E-state index contributed by atoms with van der Waals surface area (Å²) in [6.45, 7) is 5.84. The Balaban J connectivity index is 1.96. The Morgan fingerprint density at radius 2 is 1.33 bits per heavy atom. The van der Waals surface area contributed by atoms with Crippen LogP contribution in [0.3, 0.4) is 0 Å². The molecule has 0 saturated carbocycles. The Bertz CT molecular complexity index is 985. The van der Waals surface area contributed by atoms with Crippen LogP contribution in [0, 0.1) is 13.8 Å². The zero-order valence-electron chi connectivity index (χ0n) is 15.5. The number of sulfonamides is 2. The Morgan fingerprint density at radius 1 is 0.815 bits per heavy atom. The molecule has 7 nitrogen and oxygen atoms in total. The number of aryl methyl sites for hydroxylation is 2. The largest absolute Gasteiger partial charge is 0.494 e. The summed E-state index contributed by atoms with van der Waals surface area (Å²) in [7, 11) is -7.42. The molecule has 0 fully saturated rings. The zero-order chi connectivity index (χ0) is 20.1. The van der Waals surface area contributed by atoms with Gasteiger partial charge in [-0.2, -0.15) is 0 Å². The van der Waals surface area contributed by atoms with Crippen molar-refractivity contribution >= 4 is 20.0 Å². The molecule has 2 aromatic rings. The molecule has 0 unspecified atom stereocenters. The highest BCUT2D eigenvalue weighted by Gasteiger charge is 2.17. The molecule has 27 heavy (non-hydrogen) atoms. The van der Waals surface area contributed by atoms with E-state index in [1.54, 1.807) is 25.1 Å². The average Bonchev–Trinajstić information content (AvgIpc) is 2.61. The molecule has 0 aliphatic heterocycles. The zero-order valence-corrected chi connectivity index (χ0v) is 17.2. The fourth-order valence-corrected chi connectivity index (χ4v) is 4.51. The van der Waals surface area contributed by atoms with E-state index >= 15 is 0 Å². The van der Waals surface area contributed by atoms with E-state index in [4.69, 9.17) is 4.74 Å². The van der Waals surface area contributed by atoms with Crippen molar-refractivity contribution in [3.05, 3.63) is 53.6 Å². The number of ether oxygens (including phenoxy) is 1. The van der Waals surface area contributed by atoms with Gasteiger partial charge in [-0.3, -0.25) is 0 Å². The summed E-state index contributed by atoms with van der Waals surface area (Å²) in [4.78, 5) is 0.239. The summed E-state index contributed by atoms with van der Waals surface area (Å²) in [5.41, 5.74) is 1.66. The number of hydrogen-bond acceptors (Lipinski definition) is 5. The van der Waals surface area contributed by atoms with Crippen molar-refractivity contribution in [2.45, 2.75) is 30.6 Å². The van der Waals surface area contributed by atoms with E-state index < -0.39 is 20.0 Å². The monoisotopic (exact) mass is 412 g/mol. The van der Waals surface area contributed by atoms with E-state index in [0.29, 0.717) is 17.9 Å². The first-order valence-corrected chi connectivity index (χ1v) is 11.4. The second-order valence-electron chi connectivity index (χ2n) is 5.97. The number of hydrogen-bond donors (Lipinski definition) is 2. The predicted octanol–water partition coefficient (Wildman–Crippen LogP) is 1.96. The molecule has 0 spiro atoms. The van der Waals surface area contributed by atoms with Crippen molar-refractivity contribution in [3.63, 3.8) is 0 Å². The van der Waals surface area contributed by atoms with Crippen LogP contribution in [0.5, 0.6) is 5.75 Å². The lowest BCUT2D eigenvalue weighted by Gasteiger charge is -2.11. The second-order valence-corrected chi connectivity index (χ2v) is 9.50. The summed E-state index contributed by atoms with van der Waals surface area (Å²) >= 11 is 0. The highest BCUT2D eigenvalue weighted by atomic mass is 32.2. The van der Waals surface area contributed by atoms with E-state index in [-0.39, 0.29) is 22.9 Å². The first-order valence-electron chi connectivity index (χ1n) is 8.45. The van der Waals surface area contributed by atoms with E-state index in [9.17, 15) is 16.8 Å². The maximum atomic E-state index is 12.4. The van der Waals surface area contributed by atoms with Crippen molar-refractivity contribution in [1.29, 1.82) is 0 Å². The SMILES string of the molecule is CCOc1ccc(S(=O)(=O)NCCNS(=O)(=O)c2ccc(C)cc2)cc1C. The van der Waals surface area contributed by atoms with Gasteiger partial charge in [-0.15, -0.1) is 0 Å². The predicted molar refractivity (Wildman–Crippen MR) is 104 cm³/mol. The summed E-state index contributed by atoms with van der Waals surface area (Å²) in [5.74, 6) is 0.627. The van der Waals surface area contributed by atoms with E-state index in [2.05, 4.69) is 9.44 Å². The molecule has 0 amide bonds. The average molecular weight is 413 g/mol. The highest BCUT2D eigenvalue weighted by molar-refractivity contribution is 7.89. The second kappa shape index (κ2) is 8.83. The third kappa shape index (κ3) is 5.77. The van der Waals surface area contributed by atoms with Gasteiger partial charge in [-0.25, -0.2) is 26.3 Å². The first kappa shape index (κ1) is 21.4. The lowest BCUT2D eigenvalue weighted by Crippen LogP contribution is -2.34. The summed E-state index contributed by atoms with van der Waals surface area (Å²) in [6, 6.07) is 11.0.